The van der Waals surface area contributed by atoms with Gasteiger partial charge in [-0.05, 0) is 23.6 Å². The third-order valence-corrected chi connectivity index (χ3v) is 2.28. The summed E-state index contributed by atoms with van der Waals surface area (Å²) < 4.78 is 0. The van der Waals surface area contributed by atoms with Crippen molar-refractivity contribution in [1.29, 1.82) is 5.26 Å². The number of rotatable bonds is 3. The monoisotopic (exact) mass is 207 g/mol. The highest BCUT2D eigenvalue weighted by Crippen LogP contribution is 2.22. The van der Waals surface area contributed by atoms with Crippen molar-refractivity contribution in [3.05, 3.63) is 34.9 Å². The first kappa shape index (κ1) is 11.7. The van der Waals surface area contributed by atoms with Gasteiger partial charge in [-0.15, -0.1) is 0 Å². The number of aryl methyl sites for hydroxylation is 1. The average molecular weight is 207 g/mol. The minimum Gasteiger partial charge on any atom is -0.392 e. The second-order valence-corrected chi connectivity index (χ2v) is 3.37. The molecule has 2 atom stereocenters. The smallest absolute Gasteiger partial charge is 0.170 e. The van der Waals surface area contributed by atoms with Crippen LogP contribution in [0.3, 0.4) is 0 Å². The predicted molar refractivity (Wildman–Crippen MR) is 53.7 cm³/mol. The van der Waals surface area contributed by atoms with Gasteiger partial charge in [0.05, 0.1) is 12.7 Å². The fourth-order valence-electron chi connectivity index (χ4n) is 1.35. The van der Waals surface area contributed by atoms with E-state index in [9.17, 15) is 10.2 Å². The minimum atomic E-state index is -1.45. The molecule has 0 radical (unpaired) electrons. The van der Waals surface area contributed by atoms with Gasteiger partial charge in [0.1, 0.15) is 6.10 Å². The van der Waals surface area contributed by atoms with E-state index in [1.54, 1.807) is 31.2 Å². The Morgan fingerprint density at radius 2 is 2.07 bits per heavy atom. The standard InChI is InChI=1S/C11H13NO3/c1-7-2-3-8(6-13)4-9(7)11(15)10(14)5-12/h2-4,10-11,13-15H,6H2,1H3. The molecule has 15 heavy (non-hydrogen) atoms. The van der Waals surface area contributed by atoms with Gasteiger partial charge in [0.2, 0.25) is 0 Å². The molecule has 80 valence electrons. The van der Waals surface area contributed by atoms with Crippen molar-refractivity contribution in [3.8, 4) is 6.07 Å². The van der Waals surface area contributed by atoms with E-state index in [1.807, 2.05) is 0 Å². The molecule has 0 saturated carbocycles. The lowest BCUT2D eigenvalue weighted by Crippen LogP contribution is -2.17. The Kier molecular flexibility index (Phi) is 3.81. The molecule has 0 aliphatic heterocycles. The SMILES string of the molecule is Cc1ccc(CO)cc1C(O)C(O)C#N. The van der Waals surface area contributed by atoms with E-state index in [0.717, 1.165) is 5.56 Å². The van der Waals surface area contributed by atoms with Gasteiger partial charge in [-0.1, -0.05) is 18.2 Å². The van der Waals surface area contributed by atoms with Crippen LogP contribution >= 0.6 is 0 Å². The van der Waals surface area contributed by atoms with Crippen LogP contribution in [0.5, 0.6) is 0 Å². The quantitative estimate of drug-likeness (QED) is 0.626. The summed E-state index contributed by atoms with van der Waals surface area (Å²) in [5.74, 6) is 0. The lowest BCUT2D eigenvalue weighted by molar-refractivity contribution is 0.0522. The molecule has 1 aromatic rings. The Morgan fingerprint density at radius 3 is 2.60 bits per heavy atom. The first-order chi connectivity index (χ1) is 7.10. The van der Waals surface area contributed by atoms with E-state index in [2.05, 4.69) is 0 Å². The first-order valence-corrected chi connectivity index (χ1v) is 4.56. The molecule has 0 bridgehead atoms. The average Bonchev–Trinajstić information content (AvgIpc) is 2.27. The summed E-state index contributed by atoms with van der Waals surface area (Å²) in [6.07, 6.45) is -2.68. The van der Waals surface area contributed by atoms with Crippen molar-refractivity contribution in [2.75, 3.05) is 0 Å². The second-order valence-electron chi connectivity index (χ2n) is 3.37. The van der Waals surface area contributed by atoms with E-state index >= 15 is 0 Å². The van der Waals surface area contributed by atoms with Gasteiger partial charge >= 0.3 is 0 Å². The van der Waals surface area contributed by atoms with Gasteiger partial charge in [-0.25, -0.2) is 0 Å². The highest BCUT2D eigenvalue weighted by Gasteiger charge is 2.19. The van der Waals surface area contributed by atoms with Crippen molar-refractivity contribution >= 4 is 0 Å². The van der Waals surface area contributed by atoms with Crippen LogP contribution in [0.25, 0.3) is 0 Å². The highest BCUT2D eigenvalue weighted by molar-refractivity contribution is 5.33. The third-order valence-electron chi connectivity index (χ3n) is 2.28. The van der Waals surface area contributed by atoms with E-state index in [-0.39, 0.29) is 6.61 Å². The molecule has 0 fully saturated rings. The summed E-state index contributed by atoms with van der Waals surface area (Å²) >= 11 is 0. The number of benzene rings is 1. The molecule has 0 aliphatic carbocycles. The van der Waals surface area contributed by atoms with Crippen molar-refractivity contribution in [3.63, 3.8) is 0 Å². The third kappa shape index (κ3) is 2.54. The molecule has 3 N–H and O–H groups in total. The van der Waals surface area contributed by atoms with Crippen LogP contribution in [0, 0.1) is 18.3 Å². The van der Waals surface area contributed by atoms with E-state index in [0.29, 0.717) is 11.1 Å². The van der Waals surface area contributed by atoms with Crippen molar-refractivity contribution in [1.82, 2.24) is 0 Å². The lowest BCUT2D eigenvalue weighted by Gasteiger charge is -2.15. The molecule has 1 rings (SSSR count). The van der Waals surface area contributed by atoms with Crippen LogP contribution in [0.2, 0.25) is 0 Å². The molecule has 4 heteroatoms. The zero-order chi connectivity index (χ0) is 11.4. The molecule has 0 heterocycles. The number of aliphatic hydroxyl groups excluding tert-OH is 3. The van der Waals surface area contributed by atoms with Crippen LogP contribution in [0.15, 0.2) is 18.2 Å². The summed E-state index contributed by atoms with van der Waals surface area (Å²) in [6, 6.07) is 6.61. The lowest BCUT2D eigenvalue weighted by atomic mass is 9.98. The Balaban J connectivity index is 3.07. The highest BCUT2D eigenvalue weighted by atomic mass is 16.3. The van der Waals surface area contributed by atoms with Crippen molar-refractivity contribution < 1.29 is 15.3 Å². The van der Waals surface area contributed by atoms with Crippen LogP contribution in [-0.2, 0) is 6.61 Å². The number of hydrogen-bond donors (Lipinski definition) is 3. The summed E-state index contributed by atoms with van der Waals surface area (Å²) in [4.78, 5) is 0. The molecule has 0 spiro atoms. The summed E-state index contributed by atoms with van der Waals surface area (Å²) in [6.45, 7) is 1.63. The Labute approximate surface area is 88.0 Å². The maximum Gasteiger partial charge on any atom is 0.170 e. The Morgan fingerprint density at radius 1 is 1.40 bits per heavy atom. The molecular weight excluding hydrogens is 194 g/mol. The fourth-order valence-corrected chi connectivity index (χ4v) is 1.35. The van der Waals surface area contributed by atoms with Gasteiger partial charge in [-0.2, -0.15) is 5.26 Å². The normalized spacial score (nSPS) is 14.3. The Bertz CT molecular complexity index is 384. The molecule has 1 aromatic carbocycles. The number of nitriles is 1. The summed E-state index contributed by atoms with van der Waals surface area (Å²) in [7, 11) is 0. The molecule has 0 saturated heterocycles. The zero-order valence-corrected chi connectivity index (χ0v) is 8.38. The molecule has 0 amide bonds. The predicted octanol–water partition coefficient (Wildman–Crippen LogP) is 0.405. The van der Waals surface area contributed by atoms with Gasteiger partial charge in [0, 0.05) is 0 Å². The molecular formula is C11H13NO3. The van der Waals surface area contributed by atoms with E-state index in [4.69, 9.17) is 10.4 Å². The van der Waals surface area contributed by atoms with Gasteiger partial charge in [0.15, 0.2) is 6.10 Å². The van der Waals surface area contributed by atoms with Gasteiger partial charge < -0.3 is 15.3 Å². The molecule has 0 aliphatic rings. The first-order valence-electron chi connectivity index (χ1n) is 4.56. The topological polar surface area (TPSA) is 84.5 Å². The zero-order valence-electron chi connectivity index (χ0n) is 8.38. The van der Waals surface area contributed by atoms with Gasteiger partial charge in [-0.3, -0.25) is 0 Å². The fraction of sp³-hybridized carbons (Fsp3) is 0.364. The minimum absolute atomic E-state index is 0.136. The van der Waals surface area contributed by atoms with Crippen LogP contribution in [0.4, 0.5) is 0 Å². The van der Waals surface area contributed by atoms with Gasteiger partial charge in [0.25, 0.3) is 0 Å². The summed E-state index contributed by atoms with van der Waals surface area (Å²) in [5, 5.41) is 36.2. The molecule has 4 nitrogen and oxygen atoms in total. The molecule has 2 unspecified atom stereocenters. The second kappa shape index (κ2) is 4.89. The van der Waals surface area contributed by atoms with Crippen molar-refractivity contribution in [2.45, 2.75) is 25.7 Å². The van der Waals surface area contributed by atoms with Crippen LogP contribution in [-0.4, -0.2) is 21.4 Å². The number of nitrogens with zero attached hydrogens (tertiary/aromatic N) is 1. The maximum absolute atomic E-state index is 9.64. The van der Waals surface area contributed by atoms with Crippen molar-refractivity contribution in [2.24, 2.45) is 0 Å². The largest absolute Gasteiger partial charge is 0.392 e. The van der Waals surface area contributed by atoms with E-state index in [1.165, 1.54) is 0 Å². The molecule has 0 aromatic heterocycles. The number of hydrogen-bond acceptors (Lipinski definition) is 4. The Hall–Kier alpha value is -1.41. The van der Waals surface area contributed by atoms with Crippen LogP contribution < -0.4 is 0 Å². The number of aliphatic hydroxyl groups is 3. The van der Waals surface area contributed by atoms with E-state index < -0.39 is 12.2 Å². The van der Waals surface area contributed by atoms with Crippen LogP contribution in [0.1, 0.15) is 22.8 Å². The summed E-state index contributed by atoms with van der Waals surface area (Å²) in [5.41, 5.74) is 1.88. The maximum atomic E-state index is 9.64.